The minimum atomic E-state index is -0.0622. The van der Waals surface area contributed by atoms with Gasteiger partial charge in [0.25, 0.3) is 0 Å². The molecule has 0 aromatic heterocycles. The number of carbonyl (C=O) groups is 1. The molecular formula is C5H9NOS. The standard InChI is InChI=1S/C5H9NOS/c1-4(3-8)6-5(2)7/h3,8H,1-2H3,(H,6,7)/b4-3-. The lowest BCUT2D eigenvalue weighted by Crippen LogP contribution is -2.16. The van der Waals surface area contributed by atoms with Crippen LogP contribution in [-0.4, -0.2) is 5.91 Å². The van der Waals surface area contributed by atoms with Gasteiger partial charge in [0.2, 0.25) is 5.91 Å². The average molecular weight is 131 g/mol. The Labute approximate surface area is 54.4 Å². The average Bonchev–Trinajstić information content (AvgIpc) is 1.65. The third kappa shape index (κ3) is 3.74. The van der Waals surface area contributed by atoms with E-state index in [-0.39, 0.29) is 5.91 Å². The predicted molar refractivity (Wildman–Crippen MR) is 36.6 cm³/mol. The summed E-state index contributed by atoms with van der Waals surface area (Å²) >= 11 is 3.81. The summed E-state index contributed by atoms with van der Waals surface area (Å²) in [6.07, 6.45) is 0. The van der Waals surface area contributed by atoms with Crippen LogP contribution in [0.2, 0.25) is 0 Å². The van der Waals surface area contributed by atoms with Crippen LogP contribution in [-0.2, 0) is 4.79 Å². The second-order valence-corrected chi connectivity index (χ2v) is 1.75. The fraction of sp³-hybridized carbons (Fsp3) is 0.400. The smallest absolute Gasteiger partial charge is 0.221 e. The van der Waals surface area contributed by atoms with Crippen LogP contribution in [0.5, 0.6) is 0 Å². The van der Waals surface area contributed by atoms with Crippen LogP contribution < -0.4 is 5.32 Å². The molecule has 0 radical (unpaired) electrons. The van der Waals surface area contributed by atoms with Crippen molar-refractivity contribution in [1.82, 2.24) is 5.32 Å². The monoisotopic (exact) mass is 131 g/mol. The van der Waals surface area contributed by atoms with Gasteiger partial charge in [0.15, 0.2) is 0 Å². The van der Waals surface area contributed by atoms with Gasteiger partial charge in [0.1, 0.15) is 0 Å². The van der Waals surface area contributed by atoms with E-state index in [4.69, 9.17) is 0 Å². The summed E-state index contributed by atoms with van der Waals surface area (Å²) < 4.78 is 0. The molecule has 0 rings (SSSR count). The van der Waals surface area contributed by atoms with E-state index in [0.29, 0.717) is 0 Å². The molecule has 0 saturated heterocycles. The van der Waals surface area contributed by atoms with Gasteiger partial charge < -0.3 is 5.32 Å². The van der Waals surface area contributed by atoms with Gasteiger partial charge in [-0.25, -0.2) is 0 Å². The van der Waals surface area contributed by atoms with Crippen LogP contribution in [0.15, 0.2) is 11.1 Å². The molecule has 2 nitrogen and oxygen atoms in total. The van der Waals surface area contributed by atoms with Crippen molar-refractivity contribution in [3.8, 4) is 0 Å². The van der Waals surface area contributed by atoms with Gasteiger partial charge in [-0.3, -0.25) is 4.79 Å². The molecule has 0 aliphatic carbocycles. The first-order valence-electron chi connectivity index (χ1n) is 2.25. The van der Waals surface area contributed by atoms with Crippen molar-refractivity contribution in [1.29, 1.82) is 0 Å². The van der Waals surface area contributed by atoms with E-state index in [9.17, 15) is 4.79 Å². The van der Waals surface area contributed by atoms with E-state index < -0.39 is 0 Å². The summed E-state index contributed by atoms with van der Waals surface area (Å²) in [5.41, 5.74) is 0.765. The van der Waals surface area contributed by atoms with Crippen LogP contribution in [0.1, 0.15) is 13.8 Å². The highest BCUT2D eigenvalue weighted by atomic mass is 32.1. The van der Waals surface area contributed by atoms with Gasteiger partial charge in [0.05, 0.1) is 0 Å². The second kappa shape index (κ2) is 3.55. The van der Waals surface area contributed by atoms with Crippen LogP contribution in [0, 0.1) is 0 Å². The molecule has 1 amide bonds. The normalized spacial score (nSPS) is 11.1. The Morgan fingerprint density at radius 1 is 1.62 bits per heavy atom. The van der Waals surface area contributed by atoms with E-state index in [0.717, 1.165) is 5.70 Å². The Hall–Kier alpha value is -0.440. The number of rotatable bonds is 1. The highest BCUT2D eigenvalue weighted by molar-refractivity contribution is 7.83. The summed E-state index contributed by atoms with van der Waals surface area (Å²) in [6.45, 7) is 3.23. The van der Waals surface area contributed by atoms with E-state index in [1.807, 2.05) is 0 Å². The molecular weight excluding hydrogens is 122 g/mol. The maximum atomic E-state index is 10.2. The summed E-state index contributed by atoms with van der Waals surface area (Å²) in [5.74, 6) is -0.0622. The minimum Gasteiger partial charge on any atom is -0.330 e. The van der Waals surface area contributed by atoms with Crippen LogP contribution in [0.4, 0.5) is 0 Å². The number of amides is 1. The molecule has 0 saturated carbocycles. The minimum absolute atomic E-state index is 0.0622. The Balaban J connectivity index is 3.56. The van der Waals surface area contributed by atoms with Gasteiger partial charge in [-0.05, 0) is 12.3 Å². The van der Waals surface area contributed by atoms with Crippen LogP contribution in [0.3, 0.4) is 0 Å². The van der Waals surface area contributed by atoms with E-state index in [2.05, 4.69) is 17.9 Å². The van der Waals surface area contributed by atoms with Crippen LogP contribution >= 0.6 is 12.6 Å². The molecule has 0 aliphatic rings. The zero-order chi connectivity index (χ0) is 6.57. The largest absolute Gasteiger partial charge is 0.330 e. The molecule has 1 N–H and O–H groups in total. The molecule has 3 heteroatoms. The number of allylic oxidation sites excluding steroid dienone is 1. The molecule has 0 aromatic carbocycles. The van der Waals surface area contributed by atoms with Gasteiger partial charge >= 0.3 is 0 Å². The highest BCUT2D eigenvalue weighted by Gasteiger charge is 1.87. The number of carbonyl (C=O) groups excluding carboxylic acids is 1. The quantitative estimate of drug-likeness (QED) is 0.509. The Kier molecular flexibility index (Phi) is 3.35. The van der Waals surface area contributed by atoms with Crippen molar-refractivity contribution in [2.45, 2.75) is 13.8 Å². The second-order valence-electron chi connectivity index (χ2n) is 1.49. The van der Waals surface area contributed by atoms with Crippen molar-refractivity contribution in [2.24, 2.45) is 0 Å². The molecule has 0 spiro atoms. The third-order valence-electron chi connectivity index (χ3n) is 0.567. The molecule has 0 heterocycles. The Bertz CT molecular complexity index is 120. The fourth-order valence-corrected chi connectivity index (χ4v) is 0.374. The fourth-order valence-electron chi connectivity index (χ4n) is 0.310. The first kappa shape index (κ1) is 7.56. The zero-order valence-electron chi connectivity index (χ0n) is 4.93. The number of hydrogen-bond donors (Lipinski definition) is 2. The van der Waals surface area contributed by atoms with Gasteiger partial charge in [0, 0.05) is 12.6 Å². The molecule has 0 fully saturated rings. The topological polar surface area (TPSA) is 29.1 Å². The van der Waals surface area contributed by atoms with Crippen molar-refractivity contribution in [3.63, 3.8) is 0 Å². The van der Waals surface area contributed by atoms with E-state index in [1.54, 1.807) is 12.3 Å². The Morgan fingerprint density at radius 3 is 2.25 bits per heavy atom. The maximum Gasteiger partial charge on any atom is 0.221 e. The lowest BCUT2D eigenvalue weighted by atomic mass is 10.5. The first-order chi connectivity index (χ1) is 3.66. The van der Waals surface area contributed by atoms with Gasteiger partial charge in [-0.1, -0.05) is 0 Å². The molecule has 8 heavy (non-hydrogen) atoms. The first-order valence-corrected chi connectivity index (χ1v) is 2.77. The van der Waals surface area contributed by atoms with Crippen molar-refractivity contribution >= 4 is 18.5 Å². The molecule has 0 unspecified atom stereocenters. The molecule has 0 aliphatic heterocycles. The van der Waals surface area contributed by atoms with Crippen molar-refractivity contribution < 1.29 is 4.79 Å². The highest BCUT2D eigenvalue weighted by Crippen LogP contribution is 1.86. The van der Waals surface area contributed by atoms with Crippen molar-refractivity contribution in [2.75, 3.05) is 0 Å². The lowest BCUT2D eigenvalue weighted by molar-refractivity contribution is -0.118. The number of hydrogen-bond acceptors (Lipinski definition) is 2. The summed E-state index contributed by atoms with van der Waals surface area (Å²) in [5, 5.41) is 4.08. The summed E-state index contributed by atoms with van der Waals surface area (Å²) in [7, 11) is 0. The number of nitrogens with one attached hydrogen (secondary N) is 1. The van der Waals surface area contributed by atoms with Gasteiger partial charge in [-0.2, -0.15) is 0 Å². The number of thiol groups is 1. The third-order valence-corrected chi connectivity index (χ3v) is 0.954. The lowest BCUT2D eigenvalue weighted by Gasteiger charge is -1.96. The Morgan fingerprint density at radius 2 is 2.12 bits per heavy atom. The van der Waals surface area contributed by atoms with E-state index in [1.165, 1.54) is 6.92 Å². The molecule has 0 atom stereocenters. The molecule has 0 bridgehead atoms. The van der Waals surface area contributed by atoms with Crippen LogP contribution in [0.25, 0.3) is 0 Å². The zero-order valence-corrected chi connectivity index (χ0v) is 5.83. The SMILES string of the molecule is CC(=O)N/C(C)=C\S. The van der Waals surface area contributed by atoms with Crippen molar-refractivity contribution in [3.05, 3.63) is 11.1 Å². The summed E-state index contributed by atoms with van der Waals surface area (Å²) in [4.78, 5) is 10.2. The maximum absolute atomic E-state index is 10.2. The predicted octanol–water partition coefficient (Wildman–Crippen LogP) is 0.914. The van der Waals surface area contributed by atoms with Gasteiger partial charge in [-0.15, -0.1) is 12.6 Å². The summed E-state index contributed by atoms with van der Waals surface area (Å²) in [6, 6.07) is 0. The van der Waals surface area contributed by atoms with E-state index >= 15 is 0 Å². The molecule has 46 valence electrons. The molecule has 0 aromatic rings.